The van der Waals surface area contributed by atoms with Crippen LogP contribution < -0.4 is 14.9 Å². The number of rotatable bonds is 7. The molecule has 1 aliphatic rings. The summed E-state index contributed by atoms with van der Waals surface area (Å²) in [6.45, 7) is 3.97. The van der Waals surface area contributed by atoms with E-state index in [9.17, 15) is 13.2 Å². The zero-order valence-electron chi connectivity index (χ0n) is 19.2. The van der Waals surface area contributed by atoms with Crippen LogP contribution in [0.4, 0.5) is 0 Å². The number of aryl methyl sites for hydroxylation is 1. The van der Waals surface area contributed by atoms with Crippen LogP contribution in [0.1, 0.15) is 43.9 Å². The lowest BCUT2D eigenvalue weighted by molar-refractivity contribution is -0.137. The van der Waals surface area contributed by atoms with Crippen molar-refractivity contribution in [3.63, 3.8) is 0 Å². The fraction of sp³-hybridized carbons (Fsp3) is 0.360. The van der Waals surface area contributed by atoms with Gasteiger partial charge in [-0.05, 0) is 63.1 Å². The molecule has 1 saturated carbocycles. The highest BCUT2D eigenvalue weighted by Gasteiger charge is 2.43. The molecule has 0 radical (unpaired) electrons. The summed E-state index contributed by atoms with van der Waals surface area (Å²) in [7, 11) is -3.89. The number of hydroxylamine groups is 1. The molecule has 2 aromatic carbocycles. The first-order valence-corrected chi connectivity index (χ1v) is 12.8. The number of nitrogens with zero attached hydrogens (tertiary/aromatic N) is 1. The smallest absolute Gasteiger partial charge is 0.248 e. The molecule has 0 bridgehead atoms. The number of aromatic nitrogens is 1. The number of benzene rings is 2. The van der Waals surface area contributed by atoms with Gasteiger partial charge in [0.2, 0.25) is 15.9 Å². The molecule has 1 aromatic heterocycles. The molecule has 1 heterocycles. The van der Waals surface area contributed by atoms with Crippen LogP contribution in [0.15, 0.2) is 59.5 Å². The van der Waals surface area contributed by atoms with Crippen molar-refractivity contribution in [1.29, 1.82) is 0 Å². The SMILES string of the molecule is Cc1cc(COc2ccc(S(=O)(=O)NC3(C)CCCCC3C(=O)NO)cc2)c2ccccc2n1. The van der Waals surface area contributed by atoms with Gasteiger partial charge in [-0.15, -0.1) is 0 Å². The average Bonchev–Trinajstić information content (AvgIpc) is 2.82. The summed E-state index contributed by atoms with van der Waals surface area (Å²) in [4.78, 5) is 16.7. The fourth-order valence-corrected chi connectivity index (χ4v) is 6.18. The molecule has 0 saturated heterocycles. The molecule has 0 aliphatic heterocycles. The summed E-state index contributed by atoms with van der Waals surface area (Å²) in [5, 5.41) is 10.1. The highest BCUT2D eigenvalue weighted by Crippen LogP contribution is 2.35. The molecule has 34 heavy (non-hydrogen) atoms. The molecule has 1 fully saturated rings. The largest absolute Gasteiger partial charge is 0.489 e. The van der Waals surface area contributed by atoms with E-state index in [1.165, 1.54) is 12.1 Å². The van der Waals surface area contributed by atoms with Crippen molar-refractivity contribution < 1.29 is 23.2 Å². The Morgan fingerprint density at radius 3 is 2.65 bits per heavy atom. The lowest BCUT2D eigenvalue weighted by atomic mass is 9.74. The predicted octanol–water partition coefficient (Wildman–Crippen LogP) is 3.85. The third-order valence-electron chi connectivity index (χ3n) is 6.46. The minimum Gasteiger partial charge on any atom is -0.489 e. The van der Waals surface area contributed by atoms with Crippen LogP contribution in [-0.2, 0) is 21.4 Å². The molecular formula is C25H29N3O5S. The van der Waals surface area contributed by atoms with Gasteiger partial charge in [0, 0.05) is 22.2 Å². The van der Waals surface area contributed by atoms with Crippen molar-refractivity contribution >= 4 is 26.8 Å². The maximum atomic E-state index is 13.1. The summed E-state index contributed by atoms with van der Waals surface area (Å²) in [5.41, 5.74) is 3.48. The van der Waals surface area contributed by atoms with Crippen LogP contribution in [0.3, 0.4) is 0 Å². The van der Waals surface area contributed by atoms with Crippen LogP contribution in [0.25, 0.3) is 10.9 Å². The number of amides is 1. The quantitative estimate of drug-likeness (QED) is 0.347. The second-order valence-electron chi connectivity index (χ2n) is 9.00. The van der Waals surface area contributed by atoms with Crippen LogP contribution in [0.5, 0.6) is 5.75 Å². The summed E-state index contributed by atoms with van der Waals surface area (Å²) in [6, 6.07) is 16.0. The number of hydrogen-bond acceptors (Lipinski definition) is 6. The van der Waals surface area contributed by atoms with Crippen molar-refractivity contribution in [3.05, 3.63) is 65.9 Å². The van der Waals surface area contributed by atoms with Gasteiger partial charge in [0.05, 0.1) is 16.3 Å². The monoisotopic (exact) mass is 483 g/mol. The maximum absolute atomic E-state index is 13.1. The second kappa shape index (κ2) is 9.69. The topological polar surface area (TPSA) is 118 Å². The standard InChI is InChI=1S/C25H29N3O5S/c1-17-15-18(21-7-3-4-9-23(21)26-17)16-33-19-10-12-20(13-11-19)34(31,32)28-25(2)14-6-5-8-22(25)24(29)27-30/h3-4,7,9-13,15,22,28,30H,5-6,8,14,16H2,1-2H3,(H,27,29). The van der Waals surface area contributed by atoms with Gasteiger partial charge in [-0.2, -0.15) is 0 Å². The first-order chi connectivity index (χ1) is 16.2. The van der Waals surface area contributed by atoms with Crippen molar-refractivity contribution in [2.24, 2.45) is 5.92 Å². The molecule has 180 valence electrons. The summed E-state index contributed by atoms with van der Waals surface area (Å²) in [6.07, 6.45) is 2.60. The second-order valence-corrected chi connectivity index (χ2v) is 10.7. The molecule has 0 spiro atoms. The first kappa shape index (κ1) is 24.1. The Morgan fingerprint density at radius 2 is 1.91 bits per heavy atom. The van der Waals surface area contributed by atoms with Gasteiger partial charge in [-0.25, -0.2) is 18.6 Å². The van der Waals surface area contributed by atoms with E-state index < -0.39 is 27.4 Å². The number of hydrogen-bond donors (Lipinski definition) is 3. The predicted molar refractivity (Wildman–Crippen MR) is 128 cm³/mol. The van der Waals surface area contributed by atoms with Gasteiger partial charge in [-0.1, -0.05) is 31.0 Å². The number of sulfonamides is 1. The van der Waals surface area contributed by atoms with Crippen LogP contribution in [0.2, 0.25) is 0 Å². The van der Waals surface area contributed by atoms with Gasteiger partial charge in [0.1, 0.15) is 12.4 Å². The minimum atomic E-state index is -3.89. The Labute approximate surface area is 199 Å². The molecule has 2 unspecified atom stereocenters. The Bertz CT molecular complexity index is 1290. The summed E-state index contributed by atoms with van der Waals surface area (Å²) >= 11 is 0. The van der Waals surface area contributed by atoms with E-state index >= 15 is 0 Å². The number of carbonyl (C=O) groups is 1. The fourth-order valence-electron chi connectivity index (χ4n) is 4.71. The molecular weight excluding hydrogens is 454 g/mol. The number of fused-ring (bicyclic) bond motifs is 1. The average molecular weight is 484 g/mol. The van der Waals surface area contributed by atoms with E-state index in [-0.39, 0.29) is 4.90 Å². The van der Waals surface area contributed by atoms with Gasteiger partial charge in [0.25, 0.3) is 0 Å². The molecule has 8 nitrogen and oxygen atoms in total. The number of pyridine rings is 1. The van der Waals surface area contributed by atoms with E-state index in [0.717, 1.165) is 35.0 Å². The van der Waals surface area contributed by atoms with Crippen LogP contribution >= 0.6 is 0 Å². The number of nitrogens with one attached hydrogen (secondary N) is 2. The van der Waals surface area contributed by atoms with E-state index in [2.05, 4.69) is 9.71 Å². The van der Waals surface area contributed by atoms with Crippen molar-refractivity contribution in [2.45, 2.75) is 56.6 Å². The Morgan fingerprint density at radius 1 is 1.18 bits per heavy atom. The Hall–Kier alpha value is -3.01. The molecule has 1 amide bonds. The lowest BCUT2D eigenvalue weighted by Crippen LogP contribution is -2.57. The number of carbonyl (C=O) groups excluding carboxylic acids is 1. The normalized spacial score (nSPS) is 20.7. The molecule has 4 rings (SSSR count). The lowest BCUT2D eigenvalue weighted by Gasteiger charge is -2.40. The number of para-hydroxylation sites is 1. The minimum absolute atomic E-state index is 0.0833. The van der Waals surface area contributed by atoms with Crippen molar-refractivity contribution in [3.8, 4) is 5.75 Å². The molecule has 1 aliphatic carbocycles. The summed E-state index contributed by atoms with van der Waals surface area (Å²) < 4.78 is 34.8. The first-order valence-electron chi connectivity index (χ1n) is 11.3. The third kappa shape index (κ3) is 5.06. The zero-order chi connectivity index (χ0) is 24.3. The van der Waals surface area contributed by atoms with Crippen molar-refractivity contribution in [1.82, 2.24) is 15.2 Å². The van der Waals surface area contributed by atoms with Gasteiger partial charge in [-0.3, -0.25) is 15.0 Å². The van der Waals surface area contributed by atoms with Gasteiger partial charge in [0.15, 0.2) is 0 Å². The van der Waals surface area contributed by atoms with Crippen LogP contribution in [-0.4, -0.2) is 30.1 Å². The maximum Gasteiger partial charge on any atom is 0.248 e. The van der Waals surface area contributed by atoms with E-state index in [1.807, 2.05) is 37.3 Å². The zero-order valence-corrected chi connectivity index (χ0v) is 20.1. The van der Waals surface area contributed by atoms with E-state index in [1.54, 1.807) is 24.5 Å². The molecule has 9 heteroatoms. The molecule has 3 N–H and O–H groups in total. The van der Waals surface area contributed by atoms with Crippen molar-refractivity contribution in [2.75, 3.05) is 0 Å². The highest BCUT2D eigenvalue weighted by atomic mass is 32.2. The van der Waals surface area contributed by atoms with Gasteiger partial charge < -0.3 is 4.74 Å². The Balaban J connectivity index is 1.48. The third-order valence-corrected chi connectivity index (χ3v) is 8.09. The number of ether oxygens (including phenoxy) is 1. The molecule has 3 aromatic rings. The summed E-state index contributed by atoms with van der Waals surface area (Å²) in [5.74, 6) is -0.686. The van der Waals surface area contributed by atoms with Gasteiger partial charge >= 0.3 is 0 Å². The van der Waals surface area contributed by atoms with E-state index in [0.29, 0.717) is 25.2 Å². The molecule has 2 atom stereocenters. The Kier molecular flexibility index (Phi) is 6.88. The van der Waals surface area contributed by atoms with Crippen LogP contribution in [0, 0.1) is 12.8 Å². The van der Waals surface area contributed by atoms with E-state index in [4.69, 9.17) is 9.94 Å². The highest BCUT2D eigenvalue weighted by molar-refractivity contribution is 7.89.